The van der Waals surface area contributed by atoms with Gasteiger partial charge in [0.25, 0.3) is 0 Å². The molecule has 0 aromatic rings. The zero-order chi connectivity index (χ0) is 31.0. The number of ether oxygens (including phenoxy) is 3. The lowest BCUT2D eigenvalue weighted by Gasteiger charge is -2.17. The monoisotopic (exact) mass is 599 g/mol. The Labute approximate surface area is 247 Å². The number of halogens is 3. The van der Waals surface area contributed by atoms with Crippen LogP contribution in [0.2, 0.25) is 0 Å². The van der Waals surface area contributed by atoms with Crippen LogP contribution < -0.4 is 10.8 Å². The Morgan fingerprint density at radius 2 is 1.15 bits per heavy atom. The van der Waals surface area contributed by atoms with Crippen LogP contribution in [0.3, 0.4) is 0 Å². The van der Waals surface area contributed by atoms with E-state index in [1.807, 2.05) is 6.92 Å². The first-order chi connectivity index (χ1) is 19.7. The van der Waals surface area contributed by atoms with E-state index in [0.29, 0.717) is 26.2 Å². The molecular formula is C31H60F3NO6. The molecule has 1 atom stereocenters. The maximum atomic E-state index is 11.8. The number of alkyl halides is 3. The van der Waals surface area contributed by atoms with Gasteiger partial charge in [-0.1, -0.05) is 103 Å². The van der Waals surface area contributed by atoms with E-state index >= 15 is 0 Å². The molecule has 0 bridgehead atoms. The molecule has 0 aliphatic rings. The molecule has 0 rings (SSSR count). The Balaban J connectivity index is 0. The number of carboxylic acid groups (broad SMARTS) is 1. The van der Waals surface area contributed by atoms with Gasteiger partial charge < -0.3 is 29.8 Å². The largest absolute Gasteiger partial charge is 0.542 e. The second-order valence-corrected chi connectivity index (χ2v) is 10.6. The summed E-state index contributed by atoms with van der Waals surface area (Å²) in [5.74, 6) is -3.14. The van der Waals surface area contributed by atoms with Crippen LogP contribution in [-0.2, 0) is 23.8 Å². The summed E-state index contributed by atoms with van der Waals surface area (Å²) in [7, 11) is 0. The van der Waals surface area contributed by atoms with Crippen LogP contribution >= 0.6 is 0 Å². The fraction of sp³-hybridized carbons (Fsp3) is 0.935. The number of rotatable bonds is 28. The van der Waals surface area contributed by atoms with Crippen LogP contribution in [0.15, 0.2) is 0 Å². The minimum atomic E-state index is -5.19. The van der Waals surface area contributed by atoms with Gasteiger partial charge in [0.1, 0.15) is 18.7 Å². The van der Waals surface area contributed by atoms with Crippen LogP contribution in [0.5, 0.6) is 0 Å². The van der Waals surface area contributed by atoms with Crippen LogP contribution in [0.25, 0.3) is 0 Å². The number of esters is 1. The van der Waals surface area contributed by atoms with Gasteiger partial charge >= 0.3 is 12.1 Å². The van der Waals surface area contributed by atoms with Gasteiger partial charge in [-0.25, -0.2) is 0 Å². The van der Waals surface area contributed by atoms with Crippen molar-refractivity contribution in [1.82, 2.24) is 0 Å². The Morgan fingerprint density at radius 3 is 1.56 bits per heavy atom. The van der Waals surface area contributed by atoms with Crippen molar-refractivity contribution in [3.8, 4) is 0 Å². The van der Waals surface area contributed by atoms with E-state index in [1.54, 1.807) is 0 Å². The third-order valence-electron chi connectivity index (χ3n) is 6.64. The summed E-state index contributed by atoms with van der Waals surface area (Å²) < 4.78 is 48.4. The number of unbranched alkanes of at least 4 members (excludes halogenated alkanes) is 17. The summed E-state index contributed by atoms with van der Waals surface area (Å²) in [5, 5.41) is 8.78. The molecule has 0 aromatic carbocycles. The summed E-state index contributed by atoms with van der Waals surface area (Å²) in [6.45, 7) is 7.34. The van der Waals surface area contributed by atoms with Crippen LogP contribution in [0, 0.1) is 0 Å². The summed E-state index contributed by atoms with van der Waals surface area (Å²) >= 11 is 0. The molecular weight excluding hydrogens is 539 g/mol. The average molecular weight is 600 g/mol. The minimum absolute atomic E-state index is 0.133. The standard InChI is InChI=1S/C29H59NO4.C2HF3O2/c1-3-5-6-7-8-9-10-11-12-13-14-15-16-17-18-22-25-32-26-28(33-4-2)27-34-29(31)23-20-19-21-24-30;3-2(4,5)1(6)7/h28H,3-27,30H2,1-2H3;(H,6,7). The zero-order valence-corrected chi connectivity index (χ0v) is 26.0. The van der Waals surface area contributed by atoms with Crippen molar-refractivity contribution in [2.75, 3.05) is 33.0 Å². The Hall–Kier alpha value is -1.39. The first-order valence-corrected chi connectivity index (χ1v) is 16.1. The highest BCUT2D eigenvalue weighted by Crippen LogP contribution is 2.14. The predicted molar refractivity (Wildman–Crippen MR) is 154 cm³/mol. The molecule has 0 saturated heterocycles. The van der Waals surface area contributed by atoms with E-state index in [2.05, 4.69) is 12.7 Å². The van der Waals surface area contributed by atoms with Crippen molar-refractivity contribution < 1.29 is 47.8 Å². The molecule has 0 saturated carbocycles. The smallest absolute Gasteiger partial charge is 0.430 e. The molecule has 41 heavy (non-hydrogen) atoms. The van der Waals surface area contributed by atoms with Gasteiger partial charge in [0, 0.05) is 19.6 Å². The number of carbonyl (C=O) groups is 2. The second-order valence-electron chi connectivity index (χ2n) is 10.6. The third-order valence-corrected chi connectivity index (χ3v) is 6.64. The lowest BCUT2D eigenvalue weighted by Crippen LogP contribution is -2.50. The number of carboxylic acids is 1. The molecule has 0 aliphatic carbocycles. The van der Waals surface area contributed by atoms with Crippen molar-refractivity contribution >= 4 is 11.9 Å². The van der Waals surface area contributed by atoms with Crippen LogP contribution in [-0.4, -0.2) is 57.2 Å². The normalized spacial score (nSPS) is 12.0. The number of hydrogen-bond acceptors (Lipinski definition) is 6. The molecule has 246 valence electrons. The van der Waals surface area contributed by atoms with E-state index < -0.39 is 12.1 Å². The van der Waals surface area contributed by atoms with Crippen molar-refractivity contribution in [2.45, 2.75) is 155 Å². The summed E-state index contributed by atoms with van der Waals surface area (Å²) in [5.41, 5.74) is 3.82. The van der Waals surface area contributed by atoms with Crippen molar-refractivity contribution in [3.63, 3.8) is 0 Å². The Kier molecular flexibility index (Phi) is 32.1. The number of carbonyl (C=O) groups excluding carboxylic acids is 2. The Morgan fingerprint density at radius 1 is 0.707 bits per heavy atom. The molecule has 3 N–H and O–H groups in total. The van der Waals surface area contributed by atoms with E-state index in [9.17, 15) is 18.0 Å². The minimum Gasteiger partial charge on any atom is -0.542 e. The number of quaternary nitrogens is 1. The molecule has 1 unspecified atom stereocenters. The first-order valence-electron chi connectivity index (χ1n) is 16.1. The molecule has 0 heterocycles. The van der Waals surface area contributed by atoms with E-state index in [1.165, 1.54) is 96.3 Å². The predicted octanol–water partition coefficient (Wildman–Crippen LogP) is 6.31. The van der Waals surface area contributed by atoms with Gasteiger partial charge in [-0.3, -0.25) is 4.79 Å². The van der Waals surface area contributed by atoms with E-state index in [4.69, 9.17) is 24.1 Å². The first kappa shape index (κ1) is 41.7. The SMILES string of the molecule is CCCCCCCCCCCCCCCCCCOCC(COC(=O)CCCCC[NH3+])OCC.O=C([O-])C(F)(F)F. The van der Waals surface area contributed by atoms with E-state index in [0.717, 1.165) is 38.8 Å². The molecule has 7 nitrogen and oxygen atoms in total. The van der Waals surface area contributed by atoms with Crippen molar-refractivity contribution in [2.24, 2.45) is 0 Å². The summed E-state index contributed by atoms with van der Waals surface area (Å²) in [6, 6.07) is 0. The average Bonchev–Trinajstić information content (AvgIpc) is 2.93. The maximum absolute atomic E-state index is 11.8. The molecule has 0 aromatic heterocycles. The number of hydrogen-bond donors (Lipinski definition) is 1. The topological polar surface area (TPSA) is 113 Å². The van der Waals surface area contributed by atoms with Gasteiger partial charge in [-0.15, -0.1) is 0 Å². The lowest BCUT2D eigenvalue weighted by atomic mass is 10.0. The lowest BCUT2D eigenvalue weighted by molar-refractivity contribution is -0.368. The summed E-state index contributed by atoms with van der Waals surface area (Å²) in [6.07, 6.45) is 20.1. The van der Waals surface area contributed by atoms with Gasteiger partial charge in [-0.05, 0) is 32.6 Å². The zero-order valence-electron chi connectivity index (χ0n) is 26.0. The molecule has 0 radical (unpaired) electrons. The van der Waals surface area contributed by atoms with Crippen LogP contribution in [0.1, 0.15) is 142 Å². The molecule has 0 aliphatic heterocycles. The fourth-order valence-corrected chi connectivity index (χ4v) is 4.23. The summed E-state index contributed by atoms with van der Waals surface area (Å²) in [4.78, 5) is 20.6. The molecule has 0 amide bonds. The maximum Gasteiger partial charge on any atom is 0.430 e. The van der Waals surface area contributed by atoms with Crippen LogP contribution in [0.4, 0.5) is 13.2 Å². The van der Waals surface area contributed by atoms with Gasteiger partial charge in [-0.2, -0.15) is 13.2 Å². The number of aliphatic carboxylic acids is 1. The molecule has 10 heteroatoms. The van der Waals surface area contributed by atoms with E-state index in [-0.39, 0.29) is 12.1 Å². The second kappa shape index (κ2) is 31.5. The molecule has 0 spiro atoms. The fourth-order valence-electron chi connectivity index (χ4n) is 4.23. The highest BCUT2D eigenvalue weighted by molar-refractivity contribution is 5.70. The van der Waals surface area contributed by atoms with Crippen molar-refractivity contribution in [1.29, 1.82) is 0 Å². The molecule has 0 fully saturated rings. The van der Waals surface area contributed by atoms with Gasteiger partial charge in [0.15, 0.2) is 0 Å². The quantitative estimate of drug-likeness (QED) is 0.0833. The van der Waals surface area contributed by atoms with Gasteiger partial charge in [0.2, 0.25) is 0 Å². The Bertz CT molecular complexity index is 579. The third kappa shape index (κ3) is 34.7. The van der Waals surface area contributed by atoms with Crippen molar-refractivity contribution in [3.05, 3.63) is 0 Å². The highest BCUT2D eigenvalue weighted by atomic mass is 19.4. The van der Waals surface area contributed by atoms with Gasteiger partial charge in [0.05, 0.1) is 13.2 Å². The highest BCUT2D eigenvalue weighted by Gasteiger charge is 2.28.